The minimum atomic E-state index is 0.401. The van der Waals surface area contributed by atoms with Gasteiger partial charge in [-0.05, 0) is 31.5 Å². The van der Waals surface area contributed by atoms with Crippen LogP contribution in [0.1, 0.15) is 38.1 Å². The van der Waals surface area contributed by atoms with Crippen LogP contribution in [0.15, 0.2) is 27.2 Å². The second kappa shape index (κ2) is 7.71. The number of aryl methyl sites for hydroxylation is 1. The molecule has 2 aromatic rings. The first-order valence-electron chi connectivity index (χ1n) is 7.46. The molecule has 1 atom stereocenters. The van der Waals surface area contributed by atoms with Crippen molar-refractivity contribution in [1.82, 2.24) is 15.5 Å². The Labute approximate surface area is 134 Å². The van der Waals surface area contributed by atoms with Crippen molar-refractivity contribution >= 4 is 15.9 Å². The molecule has 0 amide bonds. The zero-order valence-electron chi connectivity index (χ0n) is 12.8. The topological polar surface area (TPSA) is 51.0 Å². The van der Waals surface area contributed by atoms with Gasteiger partial charge in [-0.3, -0.25) is 0 Å². The summed E-state index contributed by atoms with van der Waals surface area (Å²) in [5.74, 6) is 1.35. The third-order valence-corrected chi connectivity index (χ3v) is 4.30. The summed E-state index contributed by atoms with van der Waals surface area (Å²) < 4.78 is 6.45. The number of hydrogen-bond acceptors (Lipinski definition) is 4. The summed E-state index contributed by atoms with van der Waals surface area (Å²) in [5, 5.41) is 7.56. The Morgan fingerprint density at radius 3 is 2.81 bits per heavy atom. The van der Waals surface area contributed by atoms with Gasteiger partial charge in [0.25, 0.3) is 0 Å². The van der Waals surface area contributed by atoms with E-state index in [4.69, 9.17) is 4.52 Å². The predicted octanol–water partition coefficient (Wildman–Crippen LogP) is 4.13. The summed E-state index contributed by atoms with van der Waals surface area (Å²) in [6.45, 7) is 7.32. The Bertz CT molecular complexity index is 577. The number of nitrogens with zero attached hydrogens (tertiary/aromatic N) is 2. The largest absolute Gasteiger partial charge is 0.339 e. The fourth-order valence-electron chi connectivity index (χ4n) is 2.31. The SMILES string of the molecule is CCCC(Cc1nc(-c2ccc(C)c(Br)c2)no1)NCC. The Morgan fingerprint density at radius 2 is 2.14 bits per heavy atom. The number of likely N-dealkylation sites (N-methyl/N-ethyl adjacent to an activating group) is 1. The molecule has 2 rings (SSSR count). The molecule has 21 heavy (non-hydrogen) atoms. The maximum Gasteiger partial charge on any atom is 0.228 e. The van der Waals surface area contributed by atoms with Crippen molar-refractivity contribution in [2.45, 2.75) is 46.1 Å². The van der Waals surface area contributed by atoms with Gasteiger partial charge in [-0.15, -0.1) is 0 Å². The van der Waals surface area contributed by atoms with Gasteiger partial charge in [-0.1, -0.05) is 53.5 Å². The molecule has 0 fully saturated rings. The van der Waals surface area contributed by atoms with Crippen LogP contribution in [0.2, 0.25) is 0 Å². The molecule has 1 N–H and O–H groups in total. The molecule has 114 valence electrons. The van der Waals surface area contributed by atoms with E-state index in [1.807, 2.05) is 18.2 Å². The van der Waals surface area contributed by atoms with E-state index in [1.165, 1.54) is 5.56 Å². The average molecular weight is 352 g/mol. The summed E-state index contributed by atoms with van der Waals surface area (Å²) in [6.07, 6.45) is 3.03. The minimum Gasteiger partial charge on any atom is -0.339 e. The second-order valence-corrected chi connectivity index (χ2v) is 6.08. The third kappa shape index (κ3) is 4.38. The number of benzene rings is 1. The van der Waals surface area contributed by atoms with Crippen LogP contribution in [-0.4, -0.2) is 22.7 Å². The monoisotopic (exact) mass is 351 g/mol. The van der Waals surface area contributed by atoms with Gasteiger partial charge < -0.3 is 9.84 Å². The summed E-state index contributed by atoms with van der Waals surface area (Å²) in [5.41, 5.74) is 2.16. The quantitative estimate of drug-likeness (QED) is 0.814. The summed E-state index contributed by atoms with van der Waals surface area (Å²) >= 11 is 3.54. The van der Waals surface area contributed by atoms with Crippen molar-refractivity contribution in [2.75, 3.05) is 6.54 Å². The molecule has 0 saturated heterocycles. The fourth-order valence-corrected chi connectivity index (χ4v) is 2.69. The van der Waals surface area contributed by atoms with E-state index in [0.29, 0.717) is 17.8 Å². The van der Waals surface area contributed by atoms with E-state index in [-0.39, 0.29) is 0 Å². The van der Waals surface area contributed by atoms with Crippen LogP contribution in [0.3, 0.4) is 0 Å². The normalized spacial score (nSPS) is 12.6. The van der Waals surface area contributed by atoms with E-state index >= 15 is 0 Å². The molecule has 0 aliphatic heterocycles. The maximum atomic E-state index is 5.40. The molecule has 5 heteroatoms. The standard InChI is InChI=1S/C16H22BrN3O/c1-4-6-13(18-5-2)10-15-19-16(20-21-15)12-8-7-11(3)14(17)9-12/h7-9,13,18H,4-6,10H2,1-3H3. The van der Waals surface area contributed by atoms with Crippen LogP contribution in [0, 0.1) is 6.92 Å². The highest BCUT2D eigenvalue weighted by Gasteiger charge is 2.14. The zero-order chi connectivity index (χ0) is 15.2. The predicted molar refractivity (Wildman–Crippen MR) is 88.2 cm³/mol. The molecule has 0 aliphatic rings. The number of halogens is 1. The van der Waals surface area contributed by atoms with Gasteiger partial charge >= 0.3 is 0 Å². The van der Waals surface area contributed by atoms with Crippen LogP contribution < -0.4 is 5.32 Å². The Hall–Kier alpha value is -1.20. The van der Waals surface area contributed by atoms with Gasteiger partial charge in [-0.2, -0.15) is 4.98 Å². The van der Waals surface area contributed by atoms with E-state index in [2.05, 4.69) is 52.2 Å². The van der Waals surface area contributed by atoms with Crippen LogP contribution >= 0.6 is 15.9 Å². The van der Waals surface area contributed by atoms with Crippen molar-refractivity contribution in [2.24, 2.45) is 0 Å². The lowest BCUT2D eigenvalue weighted by Crippen LogP contribution is -2.30. The van der Waals surface area contributed by atoms with Crippen molar-refractivity contribution in [3.63, 3.8) is 0 Å². The summed E-state index contributed by atoms with van der Waals surface area (Å²) in [6, 6.07) is 6.49. The molecule has 4 nitrogen and oxygen atoms in total. The van der Waals surface area contributed by atoms with Crippen molar-refractivity contribution in [3.05, 3.63) is 34.1 Å². The lowest BCUT2D eigenvalue weighted by molar-refractivity contribution is 0.352. The van der Waals surface area contributed by atoms with Gasteiger partial charge in [0.15, 0.2) is 0 Å². The lowest BCUT2D eigenvalue weighted by Gasteiger charge is -2.14. The molecule has 0 saturated carbocycles. The fraction of sp³-hybridized carbons (Fsp3) is 0.500. The number of aromatic nitrogens is 2. The van der Waals surface area contributed by atoms with Gasteiger partial charge in [0.1, 0.15) is 0 Å². The lowest BCUT2D eigenvalue weighted by atomic mass is 10.1. The molecular weight excluding hydrogens is 330 g/mol. The number of rotatable bonds is 7. The van der Waals surface area contributed by atoms with Crippen LogP contribution in [0.25, 0.3) is 11.4 Å². The van der Waals surface area contributed by atoms with E-state index in [9.17, 15) is 0 Å². The third-order valence-electron chi connectivity index (χ3n) is 3.45. The molecule has 0 aliphatic carbocycles. The maximum absolute atomic E-state index is 5.40. The van der Waals surface area contributed by atoms with Crippen molar-refractivity contribution < 1.29 is 4.52 Å². The first-order chi connectivity index (χ1) is 10.1. The van der Waals surface area contributed by atoms with Gasteiger partial charge in [0.2, 0.25) is 11.7 Å². The molecule has 0 radical (unpaired) electrons. The molecule has 0 bridgehead atoms. The van der Waals surface area contributed by atoms with Gasteiger partial charge in [0.05, 0.1) is 0 Å². The first-order valence-corrected chi connectivity index (χ1v) is 8.25. The Kier molecular flexibility index (Phi) is 5.94. The van der Waals surface area contributed by atoms with Crippen LogP contribution in [0.5, 0.6) is 0 Å². The van der Waals surface area contributed by atoms with Crippen molar-refractivity contribution in [1.29, 1.82) is 0 Å². The number of hydrogen-bond donors (Lipinski definition) is 1. The van der Waals surface area contributed by atoms with Crippen molar-refractivity contribution in [3.8, 4) is 11.4 Å². The second-order valence-electron chi connectivity index (χ2n) is 5.22. The highest BCUT2D eigenvalue weighted by molar-refractivity contribution is 9.10. The number of nitrogens with one attached hydrogen (secondary N) is 1. The first kappa shape index (κ1) is 16.2. The molecule has 1 heterocycles. The Morgan fingerprint density at radius 1 is 1.33 bits per heavy atom. The van der Waals surface area contributed by atoms with Gasteiger partial charge in [-0.25, -0.2) is 0 Å². The molecule has 0 spiro atoms. The van der Waals surface area contributed by atoms with Crippen LogP contribution in [0.4, 0.5) is 0 Å². The summed E-state index contributed by atoms with van der Waals surface area (Å²) in [4.78, 5) is 4.52. The molecule has 1 aromatic carbocycles. The smallest absolute Gasteiger partial charge is 0.228 e. The zero-order valence-corrected chi connectivity index (χ0v) is 14.4. The van der Waals surface area contributed by atoms with E-state index < -0.39 is 0 Å². The molecule has 1 unspecified atom stereocenters. The molecular formula is C16H22BrN3O. The molecule has 1 aromatic heterocycles. The average Bonchev–Trinajstić information content (AvgIpc) is 2.91. The summed E-state index contributed by atoms with van der Waals surface area (Å²) in [7, 11) is 0. The highest BCUT2D eigenvalue weighted by Crippen LogP contribution is 2.24. The van der Waals surface area contributed by atoms with Crippen LogP contribution in [-0.2, 0) is 6.42 Å². The Balaban J connectivity index is 2.11. The minimum absolute atomic E-state index is 0.401. The van der Waals surface area contributed by atoms with E-state index in [0.717, 1.165) is 35.8 Å². The van der Waals surface area contributed by atoms with E-state index in [1.54, 1.807) is 0 Å². The van der Waals surface area contributed by atoms with Gasteiger partial charge in [0, 0.05) is 22.5 Å². The highest BCUT2D eigenvalue weighted by atomic mass is 79.9.